The molecule has 0 saturated carbocycles. The van der Waals surface area contributed by atoms with Crippen LogP contribution in [0.2, 0.25) is 0 Å². The van der Waals surface area contributed by atoms with Crippen LogP contribution in [-0.4, -0.2) is 23.4 Å². The number of aromatic nitrogens is 1. The molecule has 17 heavy (non-hydrogen) atoms. The summed E-state index contributed by atoms with van der Waals surface area (Å²) >= 11 is 0. The standard InChI is InChI=1S/C14H21N2O/c1-2-13-8-4-7-11-16(13)14(17)12-15-9-5-3-6-10-15/h3,5-6,9-10,13H,2,4,7-8,11-12H2,1H3/q+1/t13-/m0/s1. The Labute approximate surface area is 103 Å². The maximum Gasteiger partial charge on any atom is 0.288 e. The number of hydrogen-bond donors (Lipinski definition) is 0. The van der Waals surface area contributed by atoms with Gasteiger partial charge in [0.15, 0.2) is 12.4 Å². The first-order valence-electron chi connectivity index (χ1n) is 6.55. The lowest BCUT2D eigenvalue weighted by Gasteiger charge is -2.34. The summed E-state index contributed by atoms with van der Waals surface area (Å²) in [5.41, 5.74) is 0. The van der Waals surface area contributed by atoms with Crippen LogP contribution in [0.3, 0.4) is 0 Å². The Kier molecular flexibility index (Phi) is 4.13. The van der Waals surface area contributed by atoms with Crippen molar-refractivity contribution in [3.8, 4) is 0 Å². The van der Waals surface area contributed by atoms with Crippen LogP contribution in [-0.2, 0) is 11.3 Å². The molecular formula is C14H21N2O+. The van der Waals surface area contributed by atoms with Crippen LogP contribution < -0.4 is 4.57 Å². The summed E-state index contributed by atoms with van der Waals surface area (Å²) in [6.45, 7) is 3.58. The van der Waals surface area contributed by atoms with Gasteiger partial charge in [-0.1, -0.05) is 13.0 Å². The molecule has 0 N–H and O–H groups in total. The largest absolute Gasteiger partial charge is 0.334 e. The van der Waals surface area contributed by atoms with E-state index in [1.54, 1.807) is 0 Å². The zero-order valence-corrected chi connectivity index (χ0v) is 10.5. The Morgan fingerprint density at radius 1 is 1.29 bits per heavy atom. The lowest BCUT2D eigenvalue weighted by Crippen LogP contribution is -2.49. The van der Waals surface area contributed by atoms with Gasteiger partial charge in [0.05, 0.1) is 0 Å². The van der Waals surface area contributed by atoms with Crippen molar-refractivity contribution < 1.29 is 9.36 Å². The molecule has 1 aromatic heterocycles. The van der Waals surface area contributed by atoms with Gasteiger partial charge in [0.1, 0.15) is 0 Å². The predicted molar refractivity (Wildman–Crippen MR) is 66.3 cm³/mol. The number of hydrogen-bond acceptors (Lipinski definition) is 1. The molecule has 1 amide bonds. The molecule has 1 aliphatic heterocycles. The van der Waals surface area contributed by atoms with Gasteiger partial charge in [-0.3, -0.25) is 4.79 Å². The molecule has 0 aromatic carbocycles. The Morgan fingerprint density at radius 2 is 2.06 bits per heavy atom. The van der Waals surface area contributed by atoms with Gasteiger partial charge in [-0.2, -0.15) is 4.57 Å². The number of rotatable bonds is 3. The molecule has 3 heteroatoms. The molecule has 1 fully saturated rings. The monoisotopic (exact) mass is 233 g/mol. The Morgan fingerprint density at radius 3 is 2.76 bits per heavy atom. The number of pyridine rings is 1. The van der Waals surface area contributed by atoms with Crippen LogP contribution >= 0.6 is 0 Å². The van der Waals surface area contributed by atoms with E-state index >= 15 is 0 Å². The summed E-state index contributed by atoms with van der Waals surface area (Å²) in [5.74, 6) is 0.257. The highest BCUT2D eigenvalue weighted by Crippen LogP contribution is 2.19. The normalized spacial score (nSPS) is 20.3. The molecule has 0 aliphatic carbocycles. The number of amides is 1. The Hall–Kier alpha value is -1.38. The first-order valence-corrected chi connectivity index (χ1v) is 6.55. The third-order valence-electron chi connectivity index (χ3n) is 3.51. The fraction of sp³-hybridized carbons (Fsp3) is 0.571. The molecule has 3 nitrogen and oxygen atoms in total. The van der Waals surface area contributed by atoms with Crippen LogP contribution in [0.4, 0.5) is 0 Å². The van der Waals surface area contributed by atoms with Gasteiger partial charge in [-0.25, -0.2) is 0 Å². The third kappa shape index (κ3) is 3.05. The van der Waals surface area contributed by atoms with Gasteiger partial charge in [0, 0.05) is 24.7 Å². The second-order valence-corrected chi connectivity index (χ2v) is 4.69. The molecule has 1 saturated heterocycles. The second-order valence-electron chi connectivity index (χ2n) is 4.69. The number of carbonyl (C=O) groups excluding carboxylic acids is 1. The van der Waals surface area contributed by atoms with E-state index < -0.39 is 0 Å². The van der Waals surface area contributed by atoms with Gasteiger partial charge in [-0.15, -0.1) is 0 Å². The van der Waals surface area contributed by atoms with Crippen LogP contribution in [0.5, 0.6) is 0 Å². The predicted octanol–water partition coefficient (Wildman–Crippen LogP) is 1.77. The summed E-state index contributed by atoms with van der Waals surface area (Å²) in [6.07, 6.45) is 8.56. The molecule has 1 aromatic rings. The fourth-order valence-corrected chi connectivity index (χ4v) is 2.54. The van der Waals surface area contributed by atoms with E-state index in [0.29, 0.717) is 12.6 Å². The highest BCUT2D eigenvalue weighted by atomic mass is 16.2. The summed E-state index contributed by atoms with van der Waals surface area (Å²) in [6, 6.07) is 6.35. The van der Waals surface area contributed by atoms with E-state index in [1.165, 1.54) is 12.8 Å². The third-order valence-corrected chi connectivity index (χ3v) is 3.51. The highest BCUT2D eigenvalue weighted by molar-refractivity contribution is 5.75. The van der Waals surface area contributed by atoms with Crippen LogP contribution in [0.25, 0.3) is 0 Å². The van der Waals surface area contributed by atoms with Crippen LogP contribution in [0, 0.1) is 0 Å². The maximum atomic E-state index is 12.2. The van der Waals surface area contributed by atoms with Crippen LogP contribution in [0.15, 0.2) is 30.6 Å². The van der Waals surface area contributed by atoms with Gasteiger partial charge in [-0.05, 0) is 25.7 Å². The molecule has 2 heterocycles. The molecule has 1 aliphatic rings. The Bertz CT molecular complexity index is 364. The van der Waals surface area contributed by atoms with Crippen molar-refractivity contribution in [2.75, 3.05) is 6.54 Å². The first-order chi connectivity index (χ1) is 8.31. The van der Waals surface area contributed by atoms with Crippen molar-refractivity contribution in [1.29, 1.82) is 0 Å². The molecule has 1 atom stereocenters. The zero-order chi connectivity index (χ0) is 12.1. The highest BCUT2D eigenvalue weighted by Gasteiger charge is 2.26. The van der Waals surface area contributed by atoms with Gasteiger partial charge in [0.2, 0.25) is 6.54 Å². The van der Waals surface area contributed by atoms with E-state index in [4.69, 9.17) is 0 Å². The number of nitrogens with zero attached hydrogens (tertiary/aromatic N) is 2. The zero-order valence-electron chi connectivity index (χ0n) is 10.5. The SMILES string of the molecule is CC[C@H]1CCCCN1C(=O)C[n+]1ccccc1. The lowest BCUT2D eigenvalue weighted by molar-refractivity contribution is -0.685. The van der Waals surface area contributed by atoms with E-state index in [9.17, 15) is 4.79 Å². The van der Waals surface area contributed by atoms with Crippen LogP contribution in [0.1, 0.15) is 32.6 Å². The minimum Gasteiger partial charge on any atom is -0.334 e. The van der Waals surface area contributed by atoms with E-state index in [1.807, 2.05) is 35.2 Å². The van der Waals surface area contributed by atoms with E-state index in [0.717, 1.165) is 19.4 Å². The van der Waals surface area contributed by atoms with Crippen molar-refractivity contribution in [2.24, 2.45) is 0 Å². The van der Waals surface area contributed by atoms with Crippen molar-refractivity contribution >= 4 is 5.91 Å². The molecule has 0 bridgehead atoms. The van der Waals surface area contributed by atoms with Gasteiger partial charge in [0.25, 0.3) is 5.91 Å². The summed E-state index contributed by atoms with van der Waals surface area (Å²) in [5, 5.41) is 0. The van der Waals surface area contributed by atoms with E-state index in [2.05, 4.69) is 11.8 Å². The smallest absolute Gasteiger partial charge is 0.288 e. The van der Waals surface area contributed by atoms with E-state index in [-0.39, 0.29) is 5.91 Å². The summed E-state index contributed by atoms with van der Waals surface area (Å²) in [4.78, 5) is 14.3. The lowest BCUT2D eigenvalue weighted by atomic mass is 10.00. The van der Waals surface area contributed by atoms with Crippen molar-refractivity contribution in [1.82, 2.24) is 4.90 Å². The quantitative estimate of drug-likeness (QED) is 0.730. The van der Waals surface area contributed by atoms with Crippen molar-refractivity contribution in [2.45, 2.75) is 45.2 Å². The molecular weight excluding hydrogens is 212 g/mol. The van der Waals surface area contributed by atoms with Crippen molar-refractivity contribution in [3.63, 3.8) is 0 Å². The van der Waals surface area contributed by atoms with Gasteiger partial charge < -0.3 is 4.90 Å². The minimum atomic E-state index is 0.257. The molecule has 92 valence electrons. The first kappa shape index (κ1) is 12.1. The van der Waals surface area contributed by atoms with Crippen molar-refractivity contribution in [3.05, 3.63) is 30.6 Å². The summed E-state index contributed by atoms with van der Waals surface area (Å²) in [7, 11) is 0. The molecule has 0 spiro atoms. The Balaban J connectivity index is 1.99. The second kappa shape index (κ2) is 5.80. The molecule has 0 radical (unpaired) electrons. The minimum absolute atomic E-state index is 0.257. The number of piperidine rings is 1. The van der Waals surface area contributed by atoms with Gasteiger partial charge >= 0.3 is 0 Å². The topological polar surface area (TPSA) is 24.2 Å². The number of carbonyl (C=O) groups is 1. The average Bonchev–Trinajstić information content (AvgIpc) is 2.40. The number of likely N-dealkylation sites (tertiary alicyclic amines) is 1. The summed E-state index contributed by atoms with van der Waals surface area (Å²) < 4.78 is 1.95. The molecule has 2 rings (SSSR count). The molecule has 0 unspecified atom stereocenters. The average molecular weight is 233 g/mol. The maximum absolute atomic E-state index is 12.2. The fourth-order valence-electron chi connectivity index (χ4n) is 2.54.